The molecular weight excluding hydrogens is 295 g/mol. The van der Waals surface area contributed by atoms with Gasteiger partial charge in [0, 0.05) is 5.25 Å². The summed E-state index contributed by atoms with van der Waals surface area (Å²) in [5, 5.41) is 0.572. The van der Waals surface area contributed by atoms with Gasteiger partial charge in [-0.15, -0.1) is 11.8 Å². The highest BCUT2D eigenvalue weighted by Crippen LogP contribution is 2.47. The van der Waals surface area contributed by atoms with Gasteiger partial charge in [-0.2, -0.15) is 0 Å². The molecule has 0 unspecified atom stereocenters. The molecule has 122 valence electrons. The molecule has 1 nitrogen and oxygen atoms in total. The van der Waals surface area contributed by atoms with Crippen LogP contribution in [0.2, 0.25) is 0 Å². The Labute approximate surface area is 138 Å². The number of unbranched alkanes of at least 4 members (excludes halogenated alkanes) is 1. The van der Waals surface area contributed by atoms with Crippen molar-refractivity contribution in [2.75, 3.05) is 6.61 Å². The molecule has 0 amide bonds. The van der Waals surface area contributed by atoms with Crippen molar-refractivity contribution in [3.8, 4) is 5.75 Å². The fourth-order valence-corrected chi connectivity index (χ4v) is 5.17. The van der Waals surface area contributed by atoms with Crippen LogP contribution in [0.1, 0.15) is 57.9 Å². The Kier molecular flexibility index (Phi) is 5.33. The quantitative estimate of drug-likeness (QED) is 0.629. The van der Waals surface area contributed by atoms with Crippen molar-refractivity contribution in [1.29, 1.82) is 0 Å². The van der Waals surface area contributed by atoms with Crippen molar-refractivity contribution in [1.82, 2.24) is 0 Å². The van der Waals surface area contributed by atoms with E-state index >= 15 is 0 Å². The molecule has 1 heterocycles. The standard InChI is InChI=1S/C19H27FOS/c1-3-4-11-21-16-10-9-15-12-17(22-19(15)18(16)20)14-7-5-13(2)6-8-14/h9-10,13-14,17H,3-8,11-12H2,1-2H3/t13-,14-,17-/m0/s1. The van der Waals surface area contributed by atoms with E-state index in [4.69, 9.17) is 4.74 Å². The Morgan fingerprint density at radius 3 is 2.73 bits per heavy atom. The first-order valence-corrected chi connectivity index (χ1v) is 9.67. The molecule has 1 fully saturated rings. The zero-order chi connectivity index (χ0) is 15.5. The summed E-state index contributed by atoms with van der Waals surface area (Å²) in [5.74, 6) is 1.96. The number of hydrogen-bond acceptors (Lipinski definition) is 2. The molecule has 1 aliphatic carbocycles. The number of fused-ring (bicyclic) bond motifs is 1. The summed E-state index contributed by atoms with van der Waals surface area (Å²) in [6.07, 6.45) is 8.39. The number of hydrogen-bond donors (Lipinski definition) is 0. The third-order valence-corrected chi connectivity index (χ3v) is 6.71. The van der Waals surface area contributed by atoms with E-state index in [0.717, 1.165) is 36.0 Å². The summed E-state index contributed by atoms with van der Waals surface area (Å²) in [5.41, 5.74) is 1.19. The monoisotopic (exact) mass is 322 g/mol. The molecule has 1 aromatic rings. The van der Waals surface area contributed by atoms with Gasteiger partial charge in [-0.05, 0) is 49.1 Å². The molecule has 0 saturated heterocycles. The second-order valence-electron chi connectivity index (χ2n) is 6.95. The molecule has 22 heavy (non-hydrogen) atoms. The largest absolute Gasteiger partial charge is 0.490 e. The third kappa shape index (κ3) is 3.45. The first-order valence-electron chi connectivity index (χ1n) is 8.79. The number of thioether (sulfide) groups is 1. The molecule has 3 heteroatoms. The predicted molar refractivity (Wildman–Crippen MR) is 91.3 cm³/mol. The molecule has 0 spiro atoms. The Hall–Kier alpha value is -0.700. The Bertz CT molecular complexity index is 508. The fraction of sp³-hybridized carbons (Fsp3) is 0.684. The van der Waals surface area contributed by atoms with Crippen molar-refractivity contribution >= 4 is 11.8 Å². The normalized spacial score (nSPS) is 27.7. The van der Waals surface area contributed by atoms with Gasteiger partial charge in [-0.3, -0.25) is 0 Å². The van der Waals surface area contributed by atoms with Crippen molar-refractivity contribution in [3.63, 3.8) is 0 Å². The molecule has 1 aromatic carbocycles. The van der Waals surface area contributed by atoms with E-state index in [-0.39, 0.29) is 5.82 Å². The zero-order valence-corrected chi connectivity index (χ0v) is 14.6. The van der Waals surface area contributed by atoms with Crippen LogP contribution in [0.4, 0.5) is 4.39 Å². The minimum absolute atomic E-state index is 0.120. The number of benzene rings is 1. The van der Waals surface area contributed by atoms with Gasteiger partial charge in [0.25, 0.3) is 0 Å². The van der Waals surface area contributed by atoms with Crippen LogP contribution in [-0.2, 0) is 6.42 Å². The van der Waals surface area contributed by atoms with E-state index in [1.165, 1.54) is 31.2 Å². The molecule has 1 saturated carbocycles. The minimum atomic E-state index is -0.120. The van der Waals surface area contributed by atoms with Gasteiger partial charge in [-0.25, -0.2) is 4.39 Å². The lowest BCUT2D eigenvalue weighted by Gasteiger charge is -2.30. The van der Waals surface area contributed by atoms with Gasteiger partial charge in [0.2, 0.25) is 0 Å². The van der Waals surface area contributed by atoms with Crippen LogP contribution in [0.3, 0.4) is 0 Å². The molecule has 3 rings (SSSR count). The van der Waals surface area contributed by atoms with Crippen LogP contribution in [0.5, 0.6) is 5.75 Å². The summed E-state index contributed by atoms with van der Waals surface area (Å²) in [4.78, 5) is 0.859. The molecule has 0 N–H and O–H groups in total. The van der Waals surface area contributed by atoms with E-state index in [1.54, 1.807) is 11.8 Å². The maximum Gasteiger partial charge on any atom is 0.178 e. The van der Waals surface area contributed by atoms with Crippen molar-refractivity contribution < 1.29 is 9.13 Å². The van der Waals surface area contributed by atoms with Crippen LogP contribution in [0.15, 0.2) is 17.0 Å². The highest BCUT2D eigenvalue weighted by molar-refractivity contribution is 8.00. The summed E-state index contributed by atoms with van der Waals surface area (Å²) in [6.45, 7) is 5.08. The Morgan fingerprint density at radius 1 is 1.23 bits per heavy atom. The summed E-state index contributed by atoms with van der Waals surface area (Å²) in [6, 6.07) is 3.91. The average molecular weight is 322 g/mol. The molecule has 2 aliphatic rings. The highest BCUT2D eigenvalue weighted by atomic mass is 32.2. The molecule has 0 aromatic heterocycles. The first kappa shape index (κ1) is 16.2. The Balaban J connectivity index is 1.66. The Morgan fingerprint density at radius 2 is 2.00 bits per heavy atom. The first-order chi connectivity index (χ1) is 10.7. The van der Waals surface area contributed by atoms with Crippen molar-refractivity contribution in [2.45, 2.75) is 68.9 Å². The zero-order valence-electron chi connectivity index (χ0n) is 13.7. The summed E-state index contributed by atoms with van der Waals surface area (Å²) in [7, 11) is 0. The van der Waals surface area contributed by atoms with Gasteiger partial charge in [-0.1, -0.05) is 39.2 Å². The number of rotatable bonds is 5. The van der Waals surface area contributed by atoms with E-state index in [0.29, 0.717) is 17.6 Å². The SMILES string of the molecule is CCCCOc1ccc2c(c1F)S[C@H]([C@H]1CC[C@H](C)CC1)C2. The molecule has 0 radical (unpaired) electrons. The fourth-order valence-electron chi connectivity index (χ4n) is 3.63. The lowest BCUT2D eigenvalue weighted by Crippen LogP contribution is -2.22. The number of halogens is 1. The van der Waals surface area contributed by atoms with E-state index < -0.39 is 0 Å². The maximum atomic E-state index is 14.7. The average Bonchev–Trinajstić information content (AvgIpc) is 2.95. The summed E-state index contributed by atoms with van der Waals surface area (Å²) < 4.78 is 20.3. The van der Waals surface area contributed by atoms with Gasteiger partial charge in [0.05, 0.1) is 11.5 Å². The van der Waals surface area contributed by atoms with Crippen LogP contribution < -0.4 is 4.74 Å². The van der Waals surface area contributed by atoms with E-state index in [1.807, 2.05) is 6.07 Å². The topological polar surface area (TPSA) is 9.23 Å². The highest BCUT2D eigenvalue weighted by Gasteiger charge is 2.34. The van der Waals surface area contributed by atoms with Crippen LogP contribution in [0, 0.1) is 17.7 Å². The van der Waals surface area contributed by atoms with Gasteiger partial charge < -0.3 is 4.74 Å². The van der Waals surface area contributed by atoms with Crippen molar-refractivity contribution in [3.05, 3.63) is 23.5 Å². The molecular formula is C19H27FOS. The maximum absolute atomic E-state index is 14.7. The third-order valence-electron chi connectivity index (χ3n) is 5.18. The molecule has 1 aliphatic heterocycles. The molecule has 1 atom stereocenters. The van der Waals surface area contributed by atoms with Gasteiger partial charge >= 0.3 is 0 Å². The van der Waals surface area contributed by atoms with Gasteiger partial charge in [0.15, 0.2) is 11.6 Å². The van der Waals surface area contributed by atoms with E-state index in [2.05, 4.69) is 19.9 Å². The second-order valence-corrected chi connectivity index (χ2v) is 8.20. The van der Waals surface area contributed by atoms with E-state index in [9.17, 15) is 4.39 Å². The lowest BCUT2D eigenvalue weighted by molar-refractivity contribution is 0.284. The number of ether oxygens (including phenoxy) is 1. The minimum Gasteiger partial charge on any atom is -0.490 e. The van der Waals surface area contributed by atoms with Gasteiger partial charge in [0.1, 0.15) is 0 Å². The molecule has 0 bridgehead atoms. The lowest BCUT2D eigenvalue weighted by atomic mass is 9.80. The second kappa shape index (κ2) is 7.25. The van der Waals surface area contributed by atoms with Crippen LogP contribution in [0.25, 0.3) is 0 Å². The van der Waals surface area contributed by atoms with Crippen LogP contribution >= 0.6 is 11.8 Å². The smallest absolute Gasteiger partial charge is 0.178 e. The summed E-state index contributed by atoms with van der Waals surface area (Å²) >= 11 is 1.77. The van der Waals surface area contributed by atoms with Crippen LogP contribution in [-0.4, -0.2) is 11.9 Å². The van der Waals surface area contributed by atoms with Crippen molar-refractivity contribution in [2.24, 2.45) is 11.8 Å². The predicted octanol–water partition coefficient (Wildman–Crippen LogP) is 5.85.